The van der Waals surface area contributed by atoms with Crippen molar-refractivity contribution < 1.29 is 0 Å². The maximum Gasteiger partial charge on any atom is 0.0607 e. The Morgan fingerprint density at radius 2 is 2.00 bits per heavy atom. The van der Waals surface area contributed by atoms with E-state index in [4.69, 9.17) is 0 Å². The Balaban J connectivity index is 2.16. The van der Waals surface area contributed by atoms with Gasteiger partial charge in [0, 0.05) is 11.9 Å². The smallest absolute Gasteiger partial charge is 0.0607 e. The van der Waals surface area contributed by atoms with Crippen molar-refractivity contribution in [2.75, 3.05) is 6.54 Å². The molecule has 3 heteroatoms. The van der Waals surface area contributed by atoms with Gasteiger partial charge in [-0.05, 0) is 25.1 Å². The van der Waals surface area contributed by atoms with Crippen LogP contribution in [0.5, 0.6) is 0 Å². The van der Waals surface area contributed by atoms with Crippen molar-refractivity contribution in [1.82, 2.24) is 15.1 Å². The Morgan fingerprint density at radius 3 is 2.59 bits per heavy atom. The van der Waals surface area contributed by atoms with Crippen molar-refractivity contribution in [3.05, 3.63) is 53.9 Å². The Kier molecular flexibility index (Phi) is 3.94. The van der Waals surface area contributed by atoms with Crippen LogP contribution in [0.2, 0.25) is 0 Å². The van der Waals surface area contributed by atoms with E-state index in [1.54, 1.807) is 0 Å². The molecule has 1 aromatic heterocycles. The van der Waals surface area contributed by atoms with Crippen molar-refractivity contribution >= 4 is 0 Å². The summed E-state index contributed by atoms with van der Waals surface area (Å²) >= 11 is 0. The molecule has 2 rings (SSSR count). The summed E-state index contributed by atoms with van der Waals surface area (Å²) in [6, 6.07) is 12.9. The largest absolute Gasteiger partial charge is 0.309 e. The highest BCUT2D eigenvalue weighted by Crippen LogP contribution is 2.15. The van der Waals surface area contributed by atoms with E-state index in [0.29, 0.717) is 6.04 Å². The van der Waals surface area contributed by atoms with Gasteiger partial charge < -0.3 is 5.32 Å². The minimum atomic E-state index is 0.319. The highest BCUT2D eigenvalue weighted by atomic mass is 15.3. The summed E-state index contributed by atoms with van der Waals surface area (Å²) in [5, 5.41) is 7.84. The van der Waals surface area contributed by atoms with E-state index in [1.165, 1.54) is 11.3 Å². The molecule has 1 N–H and O–H groups in total. The third-order valence-electron chi connectivity index (χ3n) is 2.94. The molecule has 0 aliphatic carbocycles. The summed E-state index contributed by atoms with van der Waals surface area (Å²) < 4.78 is 2.04. The molecular weight excluding hydrogens is 210 g/mol. The molecule has 0 bridgehead atoms. The van der Waals surface area contributed by atoms with E-state index in [9.17, 15) is 0 Å². The zero-order valence-electron chi connectivity index (χ0n) is 10.4. The highest BCUT2D eigenvalue weighted by Gasteiger charge is 2.11. The van der Waals surface area contributed by atoms with E-state index in [1.807, 2.05) is 23.0 Å². The molecule has 1 heterocycles. The van der Waals surface area contributed by atoms with Gasteiger partial charge in [-0.3, -0.25) is 4.68 Å². The van der Waals surface area contributed by atoms with Gasteiger partial charge in [-0.15, -0.1) is 0 Å². The van der Waals surface area contributed by atoms with Gasteiger partial charge in [-0.2, -0.15) is 5.10 Å². The molecular formula is C14H19N3. The van der Waals surface area contributed by atoms with Crippen molar-refractivity contribution in [3.63, 3.8) is 0 Å². The molecule has 3 nitrogen and oxygen atoms in total. The van der Waals surface area contributed by atoms with Gasteiger partial charge in [0.05, 0.1) is 12.6 Å². The van der Waals surface area contributed by atoms with E-state index in [-0.39, 0.29) is 0 Å². The van der Waals surface area contributed by atoms with Crippen molar-refractivity contribution in [1.29, 1.82) is 0 Å². The van der Waals surface area contributed by atoms with Gasteiger partial charge in [0.1, 0.15) is 0 Å². The lowest BCUT2D eigenvalue weighted by Gasteiger charge is -2.19. The lowest BCUT2D eigenvalue weighted by Crippen LogP contribution is -2.26. The lowest BCUT2D eigenvalue weighted by atomic mass is 10.1. The summed E-state index contributed by atoms with van der Waals surface area (Å²) in [6.07, 6.45) is 1.85. The van der Waals surface area contributed by atoms with Crippen molar-refractivity contribution in [2.45, 2.75) is 26.4 Å². The maximum absolute atomic E-state index is 4.34. The number of nitrogens with zero attached hydrogens (tertiary/aromatic N) is 2. The Morgan fingerprint density at radius 1 is 1.24 bits per heavy atom. The predicted molar refractivity (Wildman–Crippen MR) is 69.8 cm³/mol. The molecule has 0 radical (unpaired) electrons. The van der Waals surface area contributed by atoms with Crippen LogP contribution in [0.3, 0.4) is 0 Å². The minimum Gasteiger partial charge on any atom is -0.309 e. The number of hydrogen-bond acceptors (Lipinski definition) is 2. The summed E-state index contributed by atoms with van der Waals surface area (Å²) in [4.78, 5) is 0. The first-order valence-corrected chi connectivity index (χ1v) is 6.08. The van der Waals surface area contributed by atoms with E-state index < -0.39 is 0 Å². The Labute approximate surface area is 102 Å². The summed E-state index contributed by atoms with van der Waals surface area (Å²) in [5.74, 6) is 0. The van der Waals surface area contributed by atoms with Gasteiger partial charge in [0.15, 0.2) is 0 Å². The molecule has 0 amide bonds. The van der Waals surface area contributed by atoms with Gasteiger partial charge in [-0.25, -0.2) is 0 Å². The molecule has 0 spiro atoms. The molecule has 1 atom stereocenters. The van der Waals surface area contributed by atoms with Crippen LogP contribution >= 0.6 is 0 Å². The number of rotatable bonds is 5. The highest BCUT2D eigenvalue weighted by molar-refractivity contribution is 5.19. The fourth-order valence-electron chi connectivity index (χ4n) is 1.98. The van der Waals surface area contributed by atoms with Crippen LogP contribution < -0.4 is 5.32 Å². The van der Waals surface area contributed by atoms with Crippen LogP contribution in [0.4, 0.5) is 0 Å². The molecule has 0 fully saturated rings. The Hall–Kier alpha value is -1.61. The second-order valence-electron chi connectivity index (χ2n) is 4.18. The predicted octanol–water partition coefficient (Wildman–Crippen LogP) is 2.54. The van der Waals surface area contributed by atoms with Crippen molar-refractivity contribution in [3.8, 4) is 0 Å². The first-order valence-electron chi connectivity index (χ1n) is 6.08. The van der Waals surface area contributed by atoms with Crippen LogP contribution in [-0.4, -0.2) is 16.3 Å². The SMILES string of the molecule is CCNC(Cn1nccc1C)c1ccccc1. The average molecular weight is 229 g/mol. The Bertz CT molecular complexity index is 448. The fraction of sp³-hybridized carbons (Fsp3) is 0.357. The van der Waals surface area contributed by atoms with Gasteiger partial charge >= 0.3 is 0 Å². The number of benzene rings is 1. The van der Waals surface area contributed by atoms with E-state index in [2.05, 4.69) is 48.5 Å². The molecule has 2 aromatic rings. The average Bonchev–Trinajstić information content (AvgIpc) is 2.76. The molecule has 90 valence electrons. The molecule has 0 aliphatic rings. The zero-order valence-corrected chi connectivity index (χ0v) is 10.4. The normalized spacial score (nSPS) is 12.6. The number of nitrogens with one attached hydrogen (secondary N) is 1. The molecule has 0 aliphatic heterocycles. The van der Waals surface area contributed by atoms with Crippen molar-refractivity contribution in [2.24, 2.45) is 0 Å². The summed E-state index contributed by atoms with van der Waals surface area (Å²) in [6.45, 7) is 6.05. The zero-order chi connectivity index (χ0) is 12.1. The first kappa shape index (κ1) is 11.9. The summed E-state index contributed by atoms with van der Waals surface area (Å²) in [7, 11) is 0. The standard InChI is InChI=1S/C14H19N3/c1-3-15-14(13-7-5-4-6-8-13)11-17-12(2)9-10-16-17/h4-10,14-15H,3,11H2,1-2H3. The summed E-state index contributed by atoms with van der Waals surface area (Å²) in [5.41, 5.74) is 2.51. The lowest BCUT2D eigenvalue weighted by molar-refractivity contribution is 0.442. The van der Waals surface area contributed by atoms with Gasteiger partial charge in [0.25, 0.3) is 0 Å². The van der Waals surface area contributed by atoms with Gasteiger partial charge in [-0.1, -0.05) is 37.3 Å². The third kappa shape index (κ3) is 2.94. The quantitative estimate of drug-likeness (QED) is 0.854. The van der Waals surface area contributed by atoms with Crippen LogP contribution in [0.1, 0.15) is 24.2 Å². The number of aromatic nitrogens is 2. The second-order valence-corrected chi connectivity index (χ2v) is 4.18. The fourth-order valence-corrected chi connectivity index (χ4v) is 1.98. The minimum absolute atomic E-state index is 0.319. The number of aryl methyl sites for hydroxylation is 1. The van der Waals surface area contributed by atoms with Crippen LogP contribution in [0.15, 0.2) is 42.6 Å². The third-order valence-corrected chi connectivity index (χ3v) is 2.94. The monoisotopic (exact) mass is 229 g/mol. The molecule has 0 saturated heterocycles. The van der Waals surface area contributed by atoms with Crippen LogP contribution in [0.25, 0.3) is 0 Å². The number of likely N-dealkylation sites (N-methyl/N-ethyl adjacent to an activating group) is 1. The van der Waals surface area contributed by atoms with E-state index in [0.717, 1.165) is 13.1 Å². The van der Waals surface area contributed by atoms with Crippen LogP contribution in [-0.2, 0) is 6.54 Å². The molecule has 0 saturated carbocycles. The second kappa shape index (κ2) is 5.64. The number of hydrogen-bond donors (Lipinski definition) is 1. The molecule has 1 unspecified atom stereocenters. The van der Waals surface area contributed by atoms with Gasteiger partial charge in [0.2, 0.25) is 0 Å². The first-order chi connectivity index (χ1) is 8.31. The molecule has 1 aromatic carbocycles. The maximum atomic E-state index is 4.34. The van der Waals surface area contributed by atoms with E-state index >= 15 is 0 Å². The molecule has 17 heavy (non-hydrogen) atoms. The van der Waals surface area contributed by atoms with Crippen LogP contribution in [0, 0.1) is 6.92 Å². The topological polar surface area (TPSA) is 29.9 Å².